The van der Waals surface area contributed by atoms with E-state index in [2.05, 4.69) is 21.2 Å². The molecule has 1 N–H and O–H groups in total. The van der Waals surface area contributed by atoms with Crippen LogP contribution in [0.15, 0.2) is 81.7 Å². The second-order valence-corrected chi connectivity index (χ2v) is 7.47. The minimum absolute atomic E-state index is 0.155. The number of carbonyl (C=O) groups excluding carboxylic acids is 1. The number of nitrogens with one attached hydrogen (secondary N) is 1. The average molecular weight is 441 g/mol. The number of hydrogen-bond donors (Lipinski definition) is 1. The summed E-state index contributed by atoms with van der Waals surface area (Å²) in [5.41, 5.74) is 3.02. The van der Waals surface area contributed by atoms with Crippen LogP contribution in [-0.2, 0) is 6.54 Å². The quantitative estimate of drug-likeness (QED) is 0.351. The summed E-state index contributed by atoms with van der Waals surface area (Å²) in [5, 5.41) is 4.94. The Labute approximate surface area is 170 Å². The van der Waals surface area contributed by atoms with Gasteiger partial charge in [-0.25, -0.2) is 0 Å². The van der Waals surface area contributed by atoms with Crippen LogP contribution in [0.2, 0.25) is 5.02 Å². The molecule has 27 heavy (non-hydrogen) atoms. The highest BCUT2D eigenvalue weighted by Crippen LogP contribution is 2.33. The van der Waals surface area contributed by atoms with Gasteiger partial charge in [-0.05, 0) is 54.1 Å². The molecule has 134 valence electrons. The van der Waals surface area contributed by atoms with E-state index in [9.17, 15) is 4.79 Å². The molecule has 0 radical (unpaired) electrons. The van der Waals surface area contributed by atoms with Gasteiger partial charge >= 0.3 is 0 Å². The Hall–Kier alpha value is -2.56. The van der Waals surface area contributed by atoms with Crippen molar-refractivity contribution in [2.45, 2.75) is 6.54 Å². The van der Waals surface area contributed by atoms with E-state index in [1.165, 1.54) is 0 Å². The maximum atomic E-state index is 13.0. The zero-order chi connectivity index (χ0) is 18.8. The lowest BCUT2D eigenvalue weighted by Crippen LogP contribution is -2.06. The first-order chi connectivity index (χ1) is 13.1. The highest BCUT2D eigenvalue weighted by atomic mass is 79.9. The van der Waals surface area contributed by atoms with E-state index in [1.54, 1.807) is 12.1 Å². The molecule has 1 aromatic heterocycles. The van der Waals surface area contributed by atoms with Crippen LogP contribution in [0.4, 0.5) is 5.69 Å². The van der Waals surface area contributed by atoms with Crippen LogP contribution in [0.25, 0.3) is 11.0 Å². The summed E-state index contributed by atoms with van der Waals surface area (Å²) in [6.45, 7) is 0.557. The van der Waals surface area contributed by atoms with Gasteiger partial charge in [0.05, 0.1) is 5.69 Å². The summed E-state index contributed by atoms with van der Waals surface area (Å²) in [5.74, 6) is 0.157. The second-order valence-electron chi connectivity index (χ2n) is 6.12. The molecule has 5 heteroatoms. The van der Waals surface area contributed by atoms with Crippen LogP contribution in [0, 0.1) is 0 Å². The summed E-state index contributed by atoms with van der Waals surface area (Å²) in [6, 6.07) is 22.5. The minimum atomic E-state index is -0.155. The molecule has 0 aliphatic heterocycles. The summed E-state index contributed by atoms with van der Waals surface area (Å²) < 4.78 is 6.83. The molecule has 0 unspecified atom stereocenters. The maximum Gasteiger partial charge on any atom is 0.230 e. The predicted octanol–water partition coefficient (Wildman–Crippen LogP) is 6.69. The number of furan rings is 1. The number of rotatable bonds is 5. The third kappa shape index (κ3) is 3.77. The molecule has 3 aromatic carbocycles. The third-order valence-electron chi connectivity index (χ3n) is 4.29. The smallest absolute Gasteiger partial charge is 0.230 e. The molecule has 0 aliphatic carbocycles. The maximum absolute atomic E-state index is 13.0. The van der Waals surface area contributed by atoms with E-state index in [-0.39, 0.29) is 5.78 Å². The van der Waals surface area contributed by atoms with Crippen LogP contribution in [-0.4, -0.2) is 5.78 Å². The van der Waals surface area contributed by atoms with Gasteiger partial charge in [-0.3, -0.25) is 4.79 Å². The molecule has 0 amide bonds. The molecule has 4 aromatic rings. The number of halogens is 2. The molecule has 1 heterocycles. The minimum Gasteiger partial charge on any atom is -0.450 e. The van der Waals surface area contributed by atoms with Crippen molar-refractivity contribution in [1.29, 1.82) is 0 Å². The first kappa shape index (κ1) is 17.8. The van der Waals surface area contributed by atoms with Gasteiger partial charge in [0, 0.05) is 27.0 Å². The number of hydrogen-bond acceptors (Lipinski definition) is 3. The number of carbonyl (C=O) groups is 1. The van der Waals surface area contributed by atoms with Crippen LogP contribution >= 0.6 is 27.5 Å². The molecule has 0 saturated carbocycles. The van der Waals surface area contributed by atoms with Crippen LogP contribution in [0.1, 0.15) is 21.7 Å². The summed E-state index contributed by atoms with van der Waals surface area (Å²) in [6.07, 6.45) is 0. The highest BCUT2D eigenvalue weighted by molar-refractivity contribution is 9.10. The fraction of sp³-hybridized carbons (Fsp3) is 0.0455. The summed E-state index contributed by atoms with van der Waals surface area (Å²) in [7, 11) is 0. The van der Waals surface area contributed by atoms with Crippen molar-refractivity contribution in [1.82, 2.24) is 0 Å². The van der Waals surface area contributed by atoms with Gasteiger partial charge in [0.15, 0.2) is 5.76 Å². The van der Waals surface area contributed by atoms with E-state index in [0.717, 1.165) is 15.4 Å². The average Bonchev–Trinajstić information content (AvgIpc) is 3.06. The van der Waals surface area contributed by atoms with Crippen LogP contribution < -0.4 is 5.32 Å². The fourth-order valence-electron chi connectivity index (χ4n) is 2.91. The van der Waals surface area contributed by atoms with Crippen molar-refractivity contribution in [3.63, 3.8) is 0 Å². The van der Waals surface area contributed by atoms with Gasteiger partial charge in [-0.15, -0.1) is 0 Å². The number of fused-ring (bicyclic) bond motifs is 1. The molecule has 0 saturated heterocycles. The Morgan fingerprint density at radius 2 is 1.67 bits per heavy atom. The molecular weight excluding hydrogens is 426 g/mol. The Morgan fingerprint density at radius 3 is 2.41 bits per heavy atom. The molecule has 0 aliphatic rings. The molecule has 0 atom stereocenters. The Morgan fingerprint density at radius 1 is 0.963 bits per heavy atom. The Bertz CT molecular complexity index is 1100. The van der Waals surface area contributed by atoms with Crippen molar-refractivity contribution in [3.05, 3.63) is 99.2 Å². The monoisotopic (exact) mass is 439 g/mol. The van der Waals surface area contributed by atoms with Gasteiger partial charge in [0.2, 0.25) is 5.78 Å². The summed E-state index contributed by atoms with van der Waals surface area (Å²) >= 11 is 9.34. The lowest BCUT2D eigenvalue weighted by Gasteiger charge is -2.08. The Balaban J connectivity index is 1.71. The molecular formula is C22H15BrClNO2. The molecule has 3 nitrogen and oxygen atoms in total. The van der Waals surface area contributed by atoms with Crippen molar-refractivity contribution in [2.75, 3.05) is 5.32 Å². The van der Waals surface area contributed by atoms with Gasteiger partial charge in [-0.2, -0.15) is 0 Å². The summed E-state index contributed by atoms with van der Waals surface area (Å²) in [4.78, 5) is 13.0. The molecule has 0 spiro atoms. The van der Waals surface area contributed by atoms with Crippen molar-refractivity contribution in [2.24, 2.45) is 0 Å². The number of benzene rings is 3. The van der Waals surface area contributed by atoms with E-state index in [0.29, 0.717) is 34.2 Å². The van der Waals surface area contributed by atoms with Gasteiger partial charge < -0.3 is 9.73 Å². The normalized spacial score (nSPS) is 10.9. The molecule has 4 rings (SSSR count). The third-order valence-corrected chi connectivity index (χ3v) is 5.07. The lowest BCUT2D eigenvalue weighted by atomic mass is 10.1. The highest BCUT2D eigenvalue weighted by Gasteiger charge is 2.21. The SMILES string of the molecule is O=C(c1ccc(Br)cc1)c1oc2ccccc2c1NCc1ccc(Cl)cc1. The van der Waals surface area contributed by atoms with Gasteiger partial charge in [0.25, 0.3) is 0 Å². The predicted molar refractivity (Wildman–Crippen MR) is 113 cm³/mol. The van der Waals surface area contributed by atoms with Gasteiger partial charge in [0.1, 0.15) is 5.58 Å². The van der Waals surface area contributed by atoms with Crippen LogP contribution in [0.5, 0.6) is 0 Å². The van der Waals surface area contributed by atoms with E-state index in [4.69, 9.17) is 16.0 Å². The topological polar surface area (TPSA) is 42.2 Å². The van der Waals surface area contributed by atoms with E-state index >= 15 is 0 Å². The standard InChI is InChI=1S/C22H15BrClNO2/c23-16-9-7-15(8-10-16)21(26)22-20(18-3-1-2-4-19(18)27-22)25-13-14-5-11-17(24)12-6-14/h1-12,25H,13H2. The largest absolute Gasteiger partial charge is 0.450 e. The Kier molecular flexibility index (Phi) is 5.01. The lowest BCUT2D eigenvalue weighted by molar-refractivity contribution is 0.101. The first-order valence-corrected chi connectivity index (χ1v) is 9.59. The number of anilines is 1. The first-order valence-electron chi connectivity index (χ1n) is 8.42. The zero-order valence-electron chi connectivity index (χ0n) is 14.2. The van der Waals surface area contributed by atoms with Crippen molar-refractivity contribution < 1.29 is 9.21 Å². The number of ketones is 1. The van der Waals surface area contributed by atoms with Gasteiger partial charge in [-0.1, -0.05) is 51.8 Å². The fourth-order valence-corrected chi connectivity index (χ4v) is 3.30. The van der Waals surface area contributed by atoms with Crippen molar-refractivity contribution in [3.8, 4) is 0 Å². The van der Waals surface area contributed by atoms with E-state index < -0.39 is 0 Å². The van der Waals surface area contributed by atoms with Crippen molar-refractivity contribution >= 4 is 50.0 Å². The second kappa shape index (κ2) is 7.59. The molecule has 0 bridgehead atoms. The molecule has 0 fully saturated rings. The van der Waals surface area contributed by atoms with Crippen LogP contribution in [0.3, 0.4) is 0 Å². The van der Waals surface area contributed by atoms with E-state index in [1.807, 2.05) is 60.7 Å². The zero-order valence-corrected chi connectivity index (χ0v) is 16.5. The number of para-hydroxylation sites is 1.